The van der Waals surface area contributed by atoms with E-state index in [0.717, 1.165) is 63.2 Å². The van der Waals surface area contributed by atoms with Crippen LogP contribution in [0.2, 0.25) is 0 Å². The molecule has 1 atom stereocenters. The summed E-state index contributed by atoms with van der Waals surface area (Å²) >= 11 is 1.51. The van der Waals surface area contributed by atoms with Gasteiger partial charge in [-0.1, -0.05) is 13.0 Å². The maximum Gasteiger partial charge on any atom is 0.264 e. The van der Waals surface area contributed by atoms with E-state index in [0.29, 0.717) is 0 Å². The van der Waals surface area contributed by atoms with Crippen molar-refractivity contribution >= 4 is 35.6 Å². The van der Waals surface area contributed by atoms with Crippen molar-refractivity contribution in [3.8, 4) is 0 Å². The lowest BCUT2D eigenvalue weighted by Gasteiger charge is -2.39. The first kappa shape index (κ1) is 20.2. The summed E-state index contributed by atoms with van der Waals surface area (Å²) in [7, 11) is 0. The van der Waals surface area contributed by atoms with Gasteiger partial charge in [0, 0.05) is 25.7 Å². The van der Waals surface area contributed by atoms with E-state index >= 15 is 0 Å². The van der Waals surface area contributed by atoms with E-state index in [-0.39, 0.29) is 36.3 Å². The van der Waals surface area contributed by atoms with Gasteiger partial charge in [-0.2, -0.15) is 0 Å². The van der Waals surface area contributed by atoms with Gasteiger partial charge in [-0.15, -0.1) is 23.7 Å². The number of nitrogens with one attached hydrogen (secondary N) is 1. The highest BCUT2D eigenvalue weighted by molar-refractivity contribution is 7.12. The molecule has 0 radical (unpaired) electrons. The lowest BCUT2D eigenvalue weighted by molar-refractivity contribution is -0.134. The maximum absolute atomic E-state index is 12.8. The molecule has 1 aromatic heterocycles. The van der Waals surface area contributed by atoms with E-state index in [4.69, 9.17) is 0 Å². The lowest BCUT2D eigenvalue weighted by Crippen LogP contribution is -2.52. The molecule has 2 saturated heterocycles. The molecular weight excluding hydrogens is 358 g/mol. The Kier molecular flexibility index (Phi) is 7.72. The minimum Gasteiger partial charge on any atom is -0.341 e. The fourth-order valence-corrected chi connectivity index (χ4v) is 4.43. The number of carbonyl (C=O) groups is 2. The van der Waals surface area contributed by atoms with E-state index in [9.17, 15) is 9.59 Å². The molecule has 0 saturated carbocycles. The van der Waals surface area contributed by atoms with Gasteiger partial charge in [0.05, 0.1) is 10.9 Å². The highest BCUT2D eigenvalue weighted by Gasteiger charge is 2.33. The molecule has 0 aliphatic carbocycles. The van der Waals surface area contributed by atoms with Gasteiger partial charge in [-0.3, -0.25) is 9.59 Å². The zero-order valence-electron chi connectivity index (χ0n) is 14.8. The summed E-state index contributed by atoms with van der Waals surface area (Å²) in [6, 6.07) is 4.10. The Bertz CT molecular complexity index is 553. The van der Waals surface area contributed by atoms with Crippen molar-refractivity contribution in [2.45, 2.75) is 51.1 Å². The third-order valence-corrected chi connectivity index (χ3v) is 5.89. The Balaban J connectivity index is 0.00000225. The summed E-state index contributed by atoms with van der Waals surface area (Å²) in [5.41, 5.74) is 0. The molecule has 3 heterocycles. The summed E-state index contributed by atoms with van der Waals surface area (Å²) < 4.78 is 0. The lowest BCUT2D eigenvalue weighted by atomic mass is 10.0. The fourth-order valence-electron chi connectivity index (χ4n) is 3.75. The van der Waals surface area contributed by atoms with E-state index < -0.39 is 0 Å². The van der Waals surface area contributed by atoms with Crippen LogP contribution < -0.4 is 5.32 Å². The van der Waals surface area contributed by atoms with E-state index in [2.05, 4.69) is 12.2 Å². The van der Waals surface area contributed by atoms with Gasteiger partial charge in [-0.05, 0) is 50.1 Å². The van der Waals surface area contributed by atoms with Gasteiger partial charge in [0.1, 0.15) is 0 Å². The zero-order chi connectivity index (χ0) is 16.9. The molecule has 1 N–H and O–H groups in total. The van der Waals surface area contributed by atoms with Crippen molar-refractivity contribution in [1.29, 1.82) is 0 Å². The smallest absolute Gasteiger partial charge is 0.264 e. The Labute approximate surface area is 160 Å². The van der Waals surface area contributed by atoms with Crippen LogP contribution in [-0.2, 0) is 4.79 Å². The van der Waals surface area contributed by atoms with Crippen LogP contribution >= 0.6 is 23.7 Å². The van der Waals surface area contributed by atoms with Crippen LogP contribution in [0, 0.1) is 0 Å². The number of carbonyl (C=O) groups excluding carboxylic acids is 2. The molecule has 140 valence electrons. The summed E-state index contributed by atoms with van der Waals surface area (Å²) in [6.45, 7) is 5.38. The minimum atomic E-state index is 0. The van der Waals surface area contributed by atoms with Crippen molar-refractivity contribution in [3.63, 3.8) is 0 Å². The van der Waals surface area contributed by atoms with Crippen LogP contribution in [0.25, 0.3) is 0 Å². The van der Waals surface area contributed by atoms with Gasteiger partial charge in [0.2, 0.25) is 5.91 Å². The van der Waals surface area contributed by atoms with Crippen molar-refractivity contribution in [2.24, 2.45) is 0 Å². The second-order valence-corrected chi connectivity index (χ2v) is 7.63. The molecule has 25 heavy (non-hydrogen) atoms. The third kappa shape index (κ3) is 4.74. The summed E-state index contributed by atoms with van der Waals surface area (Å²) in [5.74, 6) is 0.395. The second kappa shape index (κ2) is 9.55. The van der Waals surface area contributed by atoms with Gasteiger partial charge >= 0.3 is 0 Å². The average Bonchev–Trinajstić information content (AvgIpc) is 3.32. The summed E-state index contributed by atoms with van der Waals surface area (Å²) in [5, 5.41) is 5.24. The molecule has 0 spiro atoms. The zero-order valence-corrected chi connectivity index (χ0v) is 16.4. The Hall–Kier alpha value is -1.11. The highest BCUT2D eigenvalue weighted by atomic mass is 35.5. The van der Waals surface area contributed by atoms with E-state index in [1.807, 2.05) is 27.3 Å². The molecule has 1 unspecified atom stereocenters. The van der Waals surface area contributed by atoms with Crippen LogP contribution in [0.3, 0.4) is 0 Å². The predicted molar refractivity (Wildman–Crippen MR) is 104 cm³/mol. The van der Waals surface area contributed by atoms with Gasteiger partial charge in [0.25, 0.3) is 5.91 Å². The Morgan fingerprint density at radius 3 is 2.64 bits per heavy atom. The summed E-state index contributed by atoms with van der Waals surface area (Å²) in [6.07, 6.45) is 4.78. The second-order valence-electron chi connectivity index (χ2n) is 6.68. The molecule has 7 heteroatoms. The average molecular weight is 386 g/mol. The van der Waals surface area contributed by atoms with Gasteiger partial charge in [-0.25, -0.2) is 0 Å². The number of thiophene rings is 1. The number of rotatable bonds is 5. The molecule has 2 amide bonds. The molecule has 5 nitrogen and oxygen atoms in total. The van der Waals surface area contributed by atoms with Crippen LogP contribution in [0.1, 0.15) is 48.7 Å². The van der Waals surface area contributed by atoms with Gasteiger partial charge < -0.3 is 15.1 Å². The monoisotopic (exact) mass is 385 g/mol. The number of likely N-dealkylation sites (tertiary alicyclic amines) is 1. The van der Waals surface area contributed by atoms with Gasteiger partial charge in [0.15, 0.2) is 0 Å². The van der Waals surface area contributed by atoms with E-state index in [1.54, 1.807) is 0 Å². The molecule has 2 fully saturated rings. The molecule has 3 rings (SSSR count). The maximum atomic E-state index is 12.8. The quantitative estimate of drug-likeness (QED) is 0.847. The van der Waals surface area contributed by atoms with E-state index in [1.165, 1.54) is 11.3 Å². The first-order chi connectivity index (χ1) is 11.7. The van der Waals surface area contributed by atoms with Crippen molar-refractivity contribution < 1.29 is 9.59 Å². The van der Waals surface area contributed by atoms with Crippen molar-refractivity contribution in [2.75, 3.05) is 26.2 Å². The minimum absolute atomic E-state index is 0. The number of halogens is 1. The normalized spacial score (nSPS) is 21.0. The van der Waals surface area contributed by atoms with Crippen molar-refractivity contribution in [3.05, 3.63) is 22.4 Å². The topological polar surface area (TPSA) is 52.7 Å². The number of hydrogen-bond acceptors (Lipinski definition) is 4. The SMILES string of the molecule is CCCN(C(=O)c1cccs1)C1CCN(C(=O)C2CCCN2)CC1.Cl. The molecule has 1 aromatic rings. The molecule has 2 aliphatic rings. The fraction of sp³-hybridized carbons (Fsp3) is 0.667. The highest BCUT2D eigenvalue weighted by Crippen LogP contribution is 2.22. The Morgan fingerprint density at radius 1 is 1.32 bits per heavy atom. The van der Waals surface area contributed by atoms with Crippen LogP contribution in [0.4, 0.5) is 0 Å². The van der Waals surface area contributed by atoms with Crippen LogP contribution in [0.15, 0.2) is 17.5 Å². The molecule has 2 aliphatic heterocycles. The molecular formula is C18H28ClN3O2S. The first-order valence-corrected chi connectivity index (χ1v) is 9.95. The number of nitrogens with zero attached hydrogens (tertiary/aromatic N) is 2. The van der Waals surface area contributed by atoms with Crippen LogP contribution in [-0.4, -0.2) is 59.9 Å². The number of piperidine rings is 1. The first-order valence-electron chi connectivity index (χ1n) is 9.07. The third-order valence-electron chi connectivity index (χ3n) is 5.03. The number of amides is 2. The standard InChI is InChI=1S/C18H27N3O2S.ClH/c1-2-10-21(18(23)16-6-4-13-24-16)14-7-11-20(12-8-14)17(22)15-5-3-9-19-15;/h4,6,13-15,19H,2-3,5,7-12H2,1H3;1H. The largest absolute Gasteiger partial charge is 0.341 e. The van der Waals surface area contributed by atoms with Crippen molar-refractivity contribution in [1.82, 2.24) is 15.1 Å². The number of hydrogen-bond donors (Lipinski definition) is 1. The predicted octanol–water partition coefficient (Wildman–Crippen LogP) is 2.77. The Morgan fingerprint density at radius 2 is 2.08 bits per heavy atom. The molecule has 0 aromatic carbocycles. The summed E-state index contributed by atoms with van der Waals surface area (Å²) in [4.78, 5) is 30.1. The van der Waals surface area contributed by atoms with Crippen LogP contribution in [0.5, 0.6) is 0 Å². The molecule has 0 bridgehead atoms.